The van der Waals surface area contributed by atoms with Crippen LogP contribution in [0.25, 0.3) is 0 Å². The Hall–Kier alpha value is -0.800. The highest BCUT2D eigenvalue weighted by molar-refractivity contribution is 7.99. The second-order valence-corrected chi connectivity index (χ2v) is 4.20. The molecule has 13 heavy (non-hydrogen) atoms. The van der Waals surface area contributed by atoms with Gasteiger partial charge in [0.1, 0.15) is 6.29 Å². The molecule has 68 valence electrons. The van der Waals surface area contributed by atoms with Gasteiger partial charge < -0.3 is 5.11 Å². The van der Waals surface area contributed by atoms with E-state index in [2.05, 4.69) is 0 Å². The van der Waals surface area contributed by atoms with Gasteiger partial charge in [0.15, 0.2) is 0 Å². The van der Waals surface area contributed by atoms with Crippen LogP contribution in [0.3, 0.4) is 0 Å². The Balaban J connectivity index is 2.46. The minimum Gasteiger partial charge on any atom is -0.388 e. The lowest BCUT2D eigenvalue weighted by Gasteiger charge is -2.20. The van der Waals surface area contributed by atoms with Crippen molar-refractivity contribution in [2.45, 2.75) is 17.4 Å². The van der Waals surface area contributed by atoms with Crippen molar-refractivity contribution in [1.29, 1.82) is 0 Å². The van der Waals surface area contributed by atoms with E-state index in [4.69, 9.17) is 0 Å². The number of carbonyl (C=O) groups excluding carboxylic acids is 1. The van der Waals surface area contributed by atoms with E-state index in [9.17, 15) is 9.90 Å². The van der Waals surface area contributed by atoms with Gasteiger partial charge in [-0.1, -0.05) is 6.07 Å². The molecule has 1 atom stereocenters. The summed E-state index contributed by atoms with van der Waals surface area (Å²) in [6.45, 7) is 0. The van der Waals surface area contributed by atoms with Crippen LogP contribution in [0.2, 0.25) is 0 Å². The Bertz CT molecular complexity index is 336. The summed E-state index contributed by atoms with van der Waals surface area (Å²) in [5.41, 5.74) is 1.54. The maximum atomic E-state index is 10.5. The fraction of sp³-hybridized carbons (Fsp3) is 0.300. The van der Waals surface area contributed by atoms with Gasteiger partial charge in [-0.25, -0.2) is 0 Å². The average molecular weight is 194 g/mol. The molecule has 0 fully saturated rings. The van der Waals surface area contributed by atoms with Crippen LogP contribution in [0.15, 0.2) is 23.1 Å². The van der Waals surface area contributed by atoms with Gasteiger partial charge in [-0.2, -0.15) is 0 Å². The number of rotatable bonds is 1. The van der Waals surface area contributed by atoms with E-state index in [-0.39, 0.29) is 0 Å². The zero-order valence-electron chi connectivity index (χ0n) is 7.06. The van der Waals surface area contributed by atoms with Crippen LogP contribution in [0.4, 0.5) is 0 Å². The summed E-state index contributed by atoms with van der Waals surface area (Å²) in [5, 5.41) is 9.65. The van der Waals surface area contributed by atoms with Crippen molar-refractivity contribution in [3.8, 4) is 0 Å². The fourth-order valence-corrected chi connectivity index (χ4v) is 2.56. The van der Waals surface area contributed by atoms with Gasteiger partial charge in [0.2, 0.25) is 0 Å². The molecule has 0 aromatic heterocycles. The van der Waals surface area contributed by atoms with Crippen LogP contribution >= 0.6 is 11.8 Å². The molecule has 0 radical (unpaired) electrons. The van der Waals surface area contributed by atoms with Crippen molar-refractivity contribution >= 4 is 18.0 Å². The predicted molar refractivity (Wildman–Crippen MR) is 52.1 cm³/mol. The normalized spacial score (nSPS) is 20.8. The zero-order chi connectivity index (χ0) is 9.26. The minimum atomic E-state index is -0.392. The first-order valence-corrected chi connectivity index (χ1v) is 5.20. The molecule has 2 rings (SSSR count). The molecule has 0 bridgehead atoms. The second kappa shape index (κ2) is 3.52. The van der Waals surface area contributed by atoms with E-state index in [0.29, 0.717) is 5.56 Å². The monoisotopic (exact) mass is 194 g/mol. The number of hydrogen-bond acceptors (Lipinski definition) is 3. The molecule has 0 saturated heterocycles. The van der Waals surface area contributed by atoms with Crippen LogP contribution in [-0.4, -0.2) is 17.1 Å². The SMILES string of the molecule is O=Cc1ccc2c(c1)C(O)CCS2. The van der Waals surface area contributed by atoms with Gasteiger partial charge in [0.05, 0.1) is 6.10 Å². The van der Waals surface area contributed by atoms with Crippen LogP contribution in [0.5, 0.6) is 0 Å². The molecule has 0 spiro atoms. The Labute approximate surface area is 81.0 Å². The van der Waals surface area contributed by atoms with Crippen LogP contribution in [0, 0.1) is 0 Å². The number of thioether (sulfide) groups is 1. The number of carbonyl (C=O) groups is 1. The topological polar surface area (TPSA) is 37.3 Å². The summed E-state index contributed by atoms with van der Waals surface area (Å²) < 4.78 is 0. The summed E-state index contributed by atoms with van der Waals surface area (Å²) in [5.74, 6) is 0.953. The number of hydrogen-bond donors (Lipinski definition) is 1. The molecule has 1 heterocycles. The second-order valence-electron chi connectivity index (χ2n) is 3.07. The third-order valence-corrected chi connectivity index (χ3v) is 3.30. The van der Waals surface area contributed by atoms with Crippen molar-refractivity contribution in [2.24, 2.45) is 0 Å². The largest absolute Gasteiger partial charge is 0.388 e. The molecule has 3 heteroatoms. The van der Waals surface area contributed by atoms with Gasteiger partial charge >= 0.3 is 0 Å². The first-order chi connectivity index (χ1) is 6.31. The lowest BCUT2D eigenvalue weighted by atomic mass is 10.0. The number of aliphatic hydroxyl groups is 1. The quantitative estimate of drug-likeness (QED) is 0.695. The molecular formula is C10H10O2S. The van der Waals surface area contributed by atoms with E-state index in [0.717, 1.165) is 28.9 Å². The Morgan fingerprint density at radius 3 is 3.15 bits per heavy atom. The minimum absolute atomic E-state index is 0.392. The molecule has 0 aliphatic carbocycles. The molecule has 2 nitrogen and oxygen atoms in total. The van der Waals surface area contributed by atoms with Gasteiger partial charge in [0.25, 0.3) is 0 Å². The number of fused-ring (bicyclic) bond motifs is 1. The van der Waals surface area contributed by atoms with Gasteiger partial charge in [-0.05, 0) is 24.1 Å². The highest BCUT2D eigenvalue weighted by Crippen LogP contribution is 2.36. The fourth-order valence-electron chi connectivity index (χ4n) is 1.47. The molecule has 1 unspecified atom stereocenters. The molecular weight excluding hydrogens is 184 g/mol. The smallest absolute Gasteiger partial charge is 0.150 e. The highest BCUT2D eigenvalue weighted by Gasteiger charge is 2.18. The lowest BCUT2D eigenvalue weighted by Crippen LogP contribution is -2.06. The van der Waals surface area contributed by atoms with Crippen LogP contribution in [-0.2, 0) is 0 Å². The Morgan fingerprint density at radius 1 is 1.54 bits per heavy atom. The van der Waals surface area contributed by atoms with Crippen molar-refractivity contribution in [1.82, 2.24) is 0 Å². The molecule has 0 saturated carbocycles. The first-order valence-electron chi connectivity index (χ1n) is 4.21. The van der Waals surface area contributed by atoms with Crippen molar-refractivity contribution in [3.63, 3.8) is 0 Å². The van der Waals surface area contributed by atoms with E-state index in [1.807, 2.05) is 6.07 Å². The molecule has 0 amide bonds. The molecule has 1 aromatic carbocycles. The van der Waals surface area contributed by atoms with Gasteiger partial charge in [-0.15, -0.1) is 11.8 Å². The van der Waals surface area contributed by atoms with Gasteiger partial charge in [-0.3, -0.25) is 4.79 Å². The average Bonchev–Trinajstić information content (AvgIpc) is 2.18. The van der Waals surface area contributed by atoms with E-state index >= 15 is 0 Å². The zero-order valence-corrected chi connectivity index (χ0v) is 7.88. The third-order valence-electron chi connectivity index (χ3n) is 2.18. The van der Waals surface area contributed by atoms with Crippen molar-refractivity contribution < 1.29 is 9.90 Å². The Morgan fingerprint density at radius 2 is 2.38 bits per heavy atom. The highest BCUT2D eigenvalue weighted by atomic mass is 32.2. The summed E-state index contributed by atoms with van der Waals surface area (Å²) >= 11 is 1.74. The maximum Gasteiger partial charge on any atom is 0.150 e. The predicted octanol–water partition coefficient (Wildman–Crippen LogP) is 2.03. The maximum absolute atomic E-state index is 10.5. The Kier molecular flexibility index (Phi) is 2.38. The summed E-state index contributed by atoms with van der Waals surface area (Å²) in [4.78, 5) is 11.6. The first kappa shape index (κ1) is 8.78. The van der Waals surface area contributed by atoms with E-state index in [1.165, 1.54) is 0 Å². The summed E-state index contributed by atoms with van der Waals surface area (Å²) in [6.07, 6.45) is 1.20. The molecule has 1 aliphatic rings. The molecule has 1 aliphatic heterocycles. The number of aldehydes is 1. The lowest BCUT2D eigenvalue weighted by molar-refractivity contribution is 0.112. The van der Waals surface area contributed by atoms with Crippen LogP contribution in [0.1, 0.15) is 28.4 Å². The van der Waals surface area contributed by atoms with Crippen molar-refractivity contribution in [3.05, 3.63) is 29.3 Å². The van der Waals surface area contributed by atoms with E-state index < -0.39 is 6.10 Å². The standard InChI is InChI=1S/C10H10O2S/c11-6-7-1-2-10-8(5-7)9(12)3-4-13-10/h1-2,5-6,9,12H,3-4H2. The number of benzene rings is 1. The molecule has 1 aromatic rings. The van der Waals surface area contributed by atoms with Crippen molar-refractivity contribution in [2.75, 3.05) is 5.75 Å². The summed E-state index contributed by atoms with van der Waals surface area (Å²) in [7, 11) is 0. The summed E-state index contributed by atoms with van der Waals surface area (Å²) in [6, 6.07) is 5.47. The van der Waals surface area contributed by atoms with Crippen LogP contribution < -0.4 is 0 Å². The number of aliphatic hydroxyl groups excluding tert-OH is 1. The third kappa shape index (κ3) is 1.62. The van der Waals surface area contributed by atoms with Gasteiger partial charge in [0, 0.05) is 16.2 Å². The molecule has 1 N–H and O–H groups in total. The van der Waals surface area contributed by atoms with E-state index in [1.54, 1.807) is 23.9 Å².